The molecule has 0 amide bonds. The third-order valence-electron chi connectivity index (χ3n) is 3.82. The van der Waals surface area contributed by atoms with Gasteiger partial charge in [-0.05, 0) is 18.9 Å². The minimum Gasteiger partial charge on any atom is -0.493 e. The number of hydrogen-bond acceptors (Lipinski definition) is 4. The standard InChI is InChI=1S/C18H31NO3/c1-4-6-7-8-12-22-18-15(10-9-11-17(18)21-3)13-19-16(5-2)14-20/h9-11,16,19-20H,4-8,12-14H2,1-3H3. The summed E-state index contributed by atoms with van der Waals surface area (Å²) in [5.74, 6) is 1.59. The molecule has 0 aliphatic heterocycles. The van der Waals surface area contributed by atoms with Crippen molar-refractivity contribution >= 4 is 0 Å². The molecule has 0 fully saturated rings. The SMILES string of the molecule is CCCCCCOc1c(CNC(CC)CO)cccc1OC. The first-order valence-electron chi connectivity index (χ1n) is 8.39. The van der Waals surface area contributed by atoms with E-state index in [-0.39, 0.29) is 12.6 Å². The van der Waals surface area contributed by atoms with Gasteiger partial charge in [-0.2, -0.15) is 0 Å². The highest BCUT2D eigenvalue weighted by atomic mass is 16.5. The van der Waals surface area contributed by atoms with Crippen LogP contribution in [-0.2, 0) is 6.54 Å². The Kier molecular flexibility index (Phi) is 9.67. The van der Waals surface area contributed by atoms with Gasteiger partial charge in [0.1, 0.15) is 0 Å². The van der Waals surface area contributed by atoms with E-state index < -0.39 is 0 Å². The lowest BCUT2D eigenvalue weighted by Crippen LogP contribution is -2.31. The molecule has 1 atom stereocenters. The number of unbranched alkanes of at least 4 members (excludes halogenated alkanes) is 3. The Labute approximate surface area is 134 Å². The Morgan fingerprint density at radius 3 is 2.64 bits per heavy atom. The van der Waals surface area contributed by atoms with E-state index >= 15 is 0 Å². The van der Waals surface area contributed by atoms with Gasteiger partial charge in [-0.3, -0.25) is 0 Å². The summed E-state index contributed by atoms with van der Waals surface area (Å²) in [6, 6.07) is 6.05. The molecule has 0 radical (unpaired) electrons. The van der Waals surface area contributed by atoms with E-state index in [1.807, 2.05) is 18.2 Å². The fourth-order valence-electron chi connectivity index (χ4n) is 2.32. The van der Waals surface area contributed by atoms with Gasteiger partial charge in [-0.25, -0.2) is 0 Å². The second-order valence-electron chi connectivity index (χ2n) is 5.53. The molecular weight excluding hydrogens is 278 g/mol. The highest BCUT2D eigenvalue weighted by Crippen LogP contribution is 2.31. The Morgan fingerprint density at radius 2 is 2.00 bits per heavy atom. The lowest BCUT2D eigenvalue weighted by Gasteiger charge is -2.18. The number of benzene rings is 1. The number of para-hydroxylation sites is 1. The zero-order valence-corrected chi connectivity index (χ0v) is 14.2. The van der Waals surface area contributed by atoms with Crippen molar-refractivity contribution in [2.45, 2.75) is 58.5 Å². The van der Waals surface area contributed by atoms with Crippen LogP contribution in [0.5, 0.6) is 11.5 Å². The predicted octanol–water partition coefficient (Wildman–Crippen LogP) is 3.51. The number of methoxy groups -OCH3 is 1. The molecule has 0 aliphatic rings. The molecule has 0 saturated carbocycles. The van der Waals surface area contributed by atoms with Crippen LogP contribution in [0.4, 0.5) is 0 Å². The van der Waals surface area contributed by atoms with Crippen LogP contribution in [0.3, 0.4) is 0 Å². The van der Waals surface area contributed by atoms with Gasteiger partial charge >= 0.3 is 0 Å². The van der Waals surface area contributed by atoms with Gasteiger partial charge in [-0.15, -0.1) is 0 Å². The van der Waals surface area contributed by atoms with Crippen LogP contribution in [0.1, 0.15) is 51.5 Å². The monoisotopic (exact) mass is 309 g/mol. The van der Waals surface area contributed by atoms with Crippen molar-refractivity contribution in [3.8, 4) is 11.5 Å². The zero-order valence-electron chi connectivity index (χ0n) is 14.2. The van der Waals surface area contributed by atoms with Crippen molar-refractivity contribution in [1.29, 1.82) is 0 Å². The molecule has 1 aromatic carbocycles. The Hall–Kier alpha value is -1.26. The van der Waals surface area contributed by atoms with Crippen molar-refractivity contribution in [1.82, 2.24) is 5.32 Å². The van der Waals surface area contributed by atoms with Gasteiger partial charge in [0.05, 0.1) is 20.3 Å². The topological polar surface area (TPSA) is 50.7 Å². The van der Waals surface area contributed by atoms with E-state index in [1.54, 1.807) is 7.11 Å². The lowest BCUT2D eigenvalue weighted by molar-refractivity contribution is 0.236. The van der Waals surface area contributed by atoms with E-state index in [9.17, 15) is 5.11 Å². The number of ether oxygens (including phenoxy) is 2. The van der Waals surface area contributed by atoms with Crippen LogP contribution < -0.4 is 14.8 Å². The smallest absolute Gasteiger partial charge is 0.165 e. The van der Waals surface area contributed by atoms with Crippen LogP contribution in [0.2, 0.25) is 0 Å². The van der Waals surface area contributed by atoms with Crippen molar-refractivity contribution in [3.63, 3.8) is 0 Å². The summed E-state index contributed by atoms with van der Waals surface area (Å²) in [6.07, 6.45) is 5.63. The van der Waals surface area contributed by atoms with Crippen LogP contribution in [0.25, 0.3) is 0 Å². The molecule has 126 valence electrons. The quantitative estimate of drug-likeness (QED) is 0.580. The highest BCUT2D eigenvalue weighted by Gasteiger charge is 2.12. The minimum atomic E-state index is 0.114. The lowest BCUT2D eigenvalue weighted by atomic mass is 10.1. The average molecular weight is 309 g/mol. The average Bonchev–Trinajstić information content (AvgIpc) is 2.56. The van der Waals surface area contributed by atoms with E-state index in [4.69, 9.17) is 9.47 Å². The molecular formula is C18H31NO3. The number of hydrogen-bond donors (Lipinski definition) is 2. The summed E-state index contributed by atoms with van der Waals surface area (Å²) in [5, 5.41) is 12.6. The number of aliphatic hydroxyl groups is 1. The summed E-state index contributed by atoms with van der Waals surface area (Å²) in [5.41, 5.74) is 1.07. The molecule has 2 N–H and O–H groups in total. The molecule has 0 aliphatic carbocycles. The predicted molar refractivity (Wildman–Crippen MR) is 90.6 cm³/mol. The molecule has 0 bridgehead atoms. The molecule has 4 heteroatoms. The van der Waals surface area contributed by atoms with Crippen molar-refractivity contribution in [2.75, 3.05) is 20.3 Å². The van der Waals surface area contributed by atoms with Gasteiger partial charge in [-0.1, -0.05) is 45.2 Å². The summed E-state index contributed by atoms with van der Waals surface area (Å²) < 4.78 is 11.4. The maximum atomic E-state index is 9.28. The Morgan fingerprint density at radius 1 is 1.18 bits per heavy atom. The molecule has 0 saturated heterocycles. The molecule has 0 spiro atoms. The third kappa shape index (κ3) is 6.24. The molecule has 0 aromatic heterocycles. The normalized spacial score (nSPS) is 12.2. The summed E-state index contributed by atoms with van der Waals surface area (Å²) >= 11 is 0. The first kappa shape index (κ1) is 18.8. The maximum Gasteiger partial charge on any atom is 0.165 e. The summed E-state index contributed by atoms with van der Waals surface area (Å²) in [7, 11) is 1.67. The third-order valence-corrected chi connectivity index (χ3v) is 3.82. The van der Waals surface area contributed by atoms with Crippen LogP contribution >= 0.6 is 0 Å². The summed E-state index contributed by atoms with van der Waals surface area (Å²) in [4.78, 5) is 0. The number of rotatable bonds is 12. The van der Waals surface area contributed by atoms with Gasteiger partial charge in [0.15, 0.2) is 11.5 Å². The first-order chi connectivity index (χ1) is 10.8. The Bertz CT molecular complexity index is 405. The minimum absolute atomic E-state index is 0.114. The van der Waals surface area contributed by atoms with Gasteiger partial charge in [0.2, 0.25) is 0 Å². The van der Waals surface area contributed by atoms with Gasteiger partial charge in [0.25, 0.3) is 0 Å². The fraction of sp³-hybridized carbons (Fsp3) is 0.667. The summed E-state index contributed by atoms with van der Waals surface area (Å²) in [6.45, 7) is 5.79. The zero-order chi connectivity index (χ0) is 16.2. The van der Waals surface area contributed by atoms with E-state index in [0.29, 0.717) is 13.2 Å². The molecule has 1 unspecified atom stereocenters. The molecule has 4 nitrogen and oxygen atoms in total. The van der Waals surface area contributed by atoms with Crippen molar-refractivity contribution < 1.29 is 14.6 Å². The van der Waals surface area contributed by atoms with E-state index in [0.717, 1.165) is 29.9 Å². The maximum absolute atomic E-state index is 9.28. The Balaban J connectivity index is 2.66. The van der Waals surface area contributed by atoms with Gasteiger partial charge in [0, 0.05) is 18.2 Å². The van der Waals surface area contributed by atoms with E-state index in [1.165, 1.54) is 19.3 Å². The first-order valence-corrected chi connectivity index (χ1v) is 8.39. The van der Waals surface area contributed by atoms with Gasteiger partial charge < -0.3 is 19.9 Å². The second-order valence-corrected chi connectivity index (χ2v) is 5.53. The highest BCUT2D eigenvalue weighted by molar-refractivity contribution is 5.46. The molecule has 1 rings (SSSR count). The molecule has 1 aromatic rings. The number of aliphatic hydroxyl groups excluding tert-OH is 1. The van der Waals surface area contributed by atoms with Crippen molar-refractivity contribution in [3.05, 3.63) is 23.8 Å². The fourth-order valence-corrected chi connectivity index (χ4v) is 2.32. The second kappa shape index (κ2) is 11.3. The molecule has 22 heavy (non-hydrogen) atoms. The van der Waals surface area contributed by atoms with Crippen molar-refractivity contribution in [2.24, 2.45) is 0 Å². The van der Waals surface area contributed by atoms with E-state index in [2.05, 4.69) is 19.2 Å². The van der Waals surface area contributed by atoms with Crippen LogP contribution in [-0.4, -0.2) is 31.5 Å². The largest absolute Gasteiger partial charge is 0.493 e. The van der Waals surface area contributed by atoms with Crippen LogP contribution in [0, 0.1) is 0 Å². The van der Waals surface area contributed by atoms with Crippen LogP contribution in [0.15, 0.2) is 18.2 Å². The number of nitrogens with one attached hydrogen (secondary N) is 1. The molecule has 0 heterocycles.